The summed E-state index contributed by atoms with van der Waals surface area (Å²) in [5, 5.41) is 11.3. The number of anilines is 1. The molecule has 0 saturated heterocycles. The van der Waals surface area contributed by atoms with Crippen LogP contribution in [0.15, 0.2) is 52.1 Å². The van der Waals surface area contributed by atoms with Crippen molar-refractivity contribution in [3.8, 4) is 5.75 Å². The Kier molecular flexibility index (Phi) is 6.13. The summed E-state index contributed by atoms with van der Waals surface area (Å²) in [5.41, 5.74) is 4.06. The van der Waals surface area contributed by atoms with Crippen molar-refractivity contribution in [1.29, 1.82) is 0 Å². The third-order valence-electron chi connectivity index (χ3n) is 3.95. The molecule has 0 aliphatic heterocycles. The zero-order valence-electron chi connectivity index (χ0n) is 15.5. The van der Waals surface area contributed by atoms with Crippen molar-refractivity contribution in [2.24, 2.45) is 0 Å². The van der Waals surface area contributed by atoms with Gasteiger partial charge in [-0.3, -0.25) is 4.79 Å². The number of aryl methyl sites for hydroxylation is 2. The van der Waals surface area contributed by atoms with E-state index in [0.717, 1.165) is 28.1 Å². The van der Waals surface area contributed by atoms with Crippen LogP contribution < -0.4 is 10.1 Å². The van der Waals surface area contributed by atoms with E-state index in [1.807, 2.05) is 56.3 Å². The first-order valence-corrected chi connectivity index (χ1v) is 9.47. The number of methoxy groups -OCH3 is 1. The van der Waals surface area contributed by atoms with Gasteiger partial charge in [0.05, 0.1) is 19.3 Å². The average Bonchev–Trinajstić information content (AvgIpc) is 3.10. The predicted octanol–water partition coefficient (Wildman–Crippen LogP) is 4.02. The Balaban J connectivity index is 1.52. The Morgan fingerprint density at radius 2 is 1.93 bits per heavy atom. The molecule has 0 aliphatic carbocycles. The number of carbonyl (C=O) groups excluding carboxylic acids is 1. The van der Waals surface area contributed by atoms with Crippen LogP contribution >= 0.6 is 11.8 Å². The van der Waals surface area contributed by atoms with Gasteiger partial charge in [-0.05, 0) is 43.2 Å². The smallest absolute Gasteiger partial charge is 0.277 e. The molecule has 3 aromatic rings. The monoisotopic (exact) mass is 383 g/mol. The largest absolute Gasteiger partial charge is 0.497 e. The van der Waals surface area contributed by atoms with Crippen molar-refractivity contribution in [2.75, 3.05) is 18.2 Å². The fourth-order valence-electron chi connectivity index (χ4n) is 2.55. The van der Waals surface area contributed by atoms with Gasteiger partial charge in [0.1, 0.15) is 5.75 Å². The van der Waals surface area contributed by atoms with E-state index in [1.54, 1.807) is 7.11 Å². The number of ether oxygens (including phenoxy) is 1. The minimum Gasteiger partial charge on any atom is -0.497 e. The number of amides is 1. The number of thioether (sulfide) groups is 1. The van der Waals surface area contributed by atoms with Crippen molar-refractivity contribution in [2.45, 2.75) is 25.5 Å². The van der Waals surface area contributed by atoms with Crippen LogP contribution in [-0.4, -0.2) is 29.0 Å². The molecular formula is C20H21N3O3S. The molecule has 1 amide bonds. The zero-order chi connectivity index (χ0) is 19.2. The second kappa shape index (κ2) is 8.73. The first-order valence-electron chi connectivity index (χ1n) is 8.48. The second-order valence-corrected chi connectivity index (χ2v) is 7.07. The summed E-state index contributed by atoms with van der Waals surface area (Å²) in [5.74, 6) is 1.41. The van der Waals surface area contributed by atoms with Crippen molar-refractivity contribution in [3.05, 3.63) is 65.0 Å². The van der Waals surface area contributed by atoms with Crippen LogP contribution in [-0.2, 0) is 11.2 Å². The van der Waals surface area contributed by atoms with E-state index < -0.39 is 0 Å². The van der Waals surface area contributed by atoms with Gasteiger partial charge in [0.25, 0.3) is 5.22 Å². The fraction of sp³-hybridized carbons (Fsp3) is 0.250. The van der Waals surface area contributed by atoms with E-state index >= 15 is 0 Å². The molecule has 1 heterocycles. The molecule has 0 spiro atoms. The minimum atomic E-state index is -0.109. The van der Waals surface area contributed by atoms with E-state index in [-0.39, 0.29) is 11.7 Å². The molecule has 6 nitrogen and oxygen atoms in total. The van der Waals surface area contributed by atoms with Crippen molar-refractivity contribution in [1.82, 2.24) is 10.2 Å². The van der Waals surface area contributed by atoms with E-state index in [2.05, 4.69) is 15.5 Å². The molecule has 0 saturated carbocycles. The number of hydrogen-bond acceptors (Lipinski definition) is 6. The molecule has 1 N–H and O–H groups in total. The maximum absolute atomic E-state index is 12.1. The van der Waals surface area contributed by atoms with Crippen LogP contribution in [0.2, 0.25) is 0 Å². The lowest BCUT2D eigenvalue weighted by Gasteiger charge is -2.08. The quantitative estimate of drug-likeness (QED) is 0.621. The molecular weight excluding hydrogens is 362 g/mol. The number of carbonyl (C=O) groups is 1. The van der Waals surface area contributed by atoms with Crippen LogP contribution in [0.3, 0.4) is 0 Å². The van der Waals surface area contributed by atoms with E-state index in [0.29, 0.717) is 17.5 Å². The summed E-state index contributed by atoms with van der Waals surface area (Å²) >= 11 is 1.22. The van der Waals surface area contributed by atoms with Crippen LogP contribution in [0, 0.1) is 13.8 Å². The normalized spacial score (nSPS) is 10.6. The Labute approximate surface area is 162 Å². The van der Waals surface area contributed by atoms with Crippen LogP contribution in [0.5, 0.6) is 5.75 Å². The predicted molar refractivity (Wildman–Crippen MR) is 105 cm³/mol. The molecule has 0 atom stereocenters. The fourth-order valence-corrected chi connectivity index (χ4v) is 3.13. The summed E-state index contributed by atoms with van der Waals surface area (Å²) < 4.78 is 10.8. The number of hydrogen-bond donors (Lipinski definition) is 1. The number of rotatable bonds is 7. The van der Waals surface area contributed by atoms with Gasteiger partial charge >= 0.3 is 0 Å². The number of nitrogens with zero attached hydrogens (tertiary/aromatic N) is 2. The third kappa shape index (κ3) is 5.34. The first-order chi connectivity index (χ1) is 13.0. The van der Waals surface area contributed by atoms with Crippen molar-refractivity contribution in [3.63, 3.8) is 0 Å². The number of nitrogens with one attached hydrogen (secondary N) is 1. The average molecular weight is 383 g/mol. The van der Waals surface area contributed by atoms with Crippen LogP contribution in [0.25, 0.3) is 0 Å². The molecule has 1 aromatic heterocycles. The molecule has 0 fully saturated rings. The molecule has 140 valence electrons. The van der Waals surface area contributed by atoms with E-state index in [4.69, 9.17) is 9.15 Å². The Bertz CT molecular complexity index is 922. The summed E-state index contributed by atoms with van der Waals surface area (Å²) in [6.45, 7) is 3.99. The highest BCUT2D eigenvalue weighted by Crippen LogP contribution is 2.20. The van der Waals surface area contributed by atoms with Gasteiger partial charge in [-0.15, -0.1) is 10.2 Å². The topological polar surface area (TPSA) is 77.2 Å². The molecule has 2 aromatic carbocycles. The number of aromatic nitrogens is 2. The molecule has 0 bridgehead atoms. The van der Waals surface area contributed by atoms with Crippen LogP contribution in [0.4, 0.5) is 5.69 Å². The van der Waals surface area contributed by atoms with Crippen molar-refractivity contribution < 1.29 is 13.9 Å². The lowest BCUT2D eigenvalue weighted by molar-refractivity contribution is -0.113. The van der Waals surface area contributed by atoms with Gasteiger partial charge in [-0.25, -0.2) is 0 Å². The maximum Gasteiger partial charge on any atom is 0.277 e. The zero-order valence-corrected chi connectivity index (χ0v) is 16.3. The van der Waals surface area contributed by atoms with Gasteiger partial charge in [0, 0.05) is 5.69 Å². The molecule has 27 heavy (non-hydrogen) atoms. The SMILES string of the molecule is COc1ccc(Cc2nnc(SCC(=O)Nc3ccc(C)cc3C)o2)cc1. The highest BCUT2D eigenvalue weighted by atomic mass is 32.2. The molecule has 0 unspecified atom stereocenters. The molecule has 7 heteroatoms. The Morgan fingerprint density at radius 3 is 2.63 bits per heavy atom. The van der Waals surface area contributed by atoms with Gasteiger partial charge in [0.2, 0.25) is 11.8 Å². The summed E-state index contributed by atoms with van der Waals surface area (Å²) in [4.78, 5) is 12.1. The maximum atomic E-state index is 12.1. The lowest BCUT2D eigenvalue weighted by atomic mass is 10.1. The molecule has 3 rings (SSSR count). The van der Waals surface area contributed by atoms with Gasteiger partial charge < -0.3 is 14.5 Å². The Morgan fingerprint density at radius 1 is 1.15 bits per heavy atom. The summed E-state index contributed by atoms with van der Waals surface area (Å²) in [6, 6.07) is 13.6. The van der Waals surface area contributed by atoms with E-state index in [1.165, 1.54) is 11.8 Å². The highest BCUT2D eigenvalue weighted by Gasteiger charge is 2.11. The van der Waals surface area contributed by atoms with Gasteiger partial charge in [0.15, 0.2) is 0 Å². The molecule has 0 radical (unpaired) electrons. The minimum absolute atomic E-state index is 0.109. The lowest BCUT2D eigenvalue weighted by Crippen LogP contribution is -2.14. The van der Waals surface area contributed by atoms with Crippen LogP contribution in [0.1, 0.15) is 22.6 Å². The third-order valence-corrected chi connectivity index (χ3v) is 4.76. The first kappa shape index (κ1) is 19.0. The van der Waals surface area contributed by atoms with Gasteiger partial charge in [-0.2, -0.15) is 0 Å². The second-order valence-electron chi connectivity index (χ2n) is 6.14. The van der Waals surface area contributed by atoms with E-state index in [9.17, 15) is 4.79 Å². The standard InChI is InChI=1S/C20H21N3O3S/c1-13-4-9-17(14(2)10-13)21-18(24)12-27-20-23-22-19(26-20)11-15-5-7-16(25-3)8-6-15/h4-10H,11-12H2,1-3H3,(H,21,24). The summed E-state index contributed by atoms with van der Waals surface area (Å²) in [6.07, 6.45) is 0.534. The van der Waals surface area contributed by atoms with Gasteiger partial charge in [-0.1, -0.05) is 41.6 Å². The Hall–Kier alpha value is -2.80. The summed E-state index contributed by atoms with van der Waals surface area (Å²) in [7, 11) is 1.63. The highest BCUT2D eigenvalue weighted by molar-refractivity contribution is 7.99. The number of benzene rings is 2. The molecule has 0 aliphatic rings. The van der Waals surface area contributed by atoms with Crippen molar-refractivity contribution >= 4 is 23.4 Å².